The lowest BCUT2D eigenvalue weighted by molar-refractivity contribution is -0.227. The van der Waals surface area contributed by atoms with Crippen molar-refractivity contribution in [2.75, 3.05) is 6.61 Å². The first-order valence-electron chi connectivity index (χ1n) is 9.24. The SMILES string of the molecule is N#Cc1ccc(OCC23CC(C(=O)N4N=CCC4c4cnccn4)(C2)C3)nc1. The van der Waals surface area contributed by atoms with Crippen molar-refractivity contribution >= 4 is 12.1 Å². The predicted molar refractivity (Wildman–Crippen MR) is 97.9 cm³/mol. The normalized spacial score (nSPS) is 29.5. The number of pyridine rings is 1. The highest BCUT2D eigenvalue weighted by molar-refractivity contribution is 5.88. The Bertz CT molecular complexity index is 962. The molecule has 3 saturated carbocycles. The first-order valence-corrected chi connectivity index (χ1v) is 9.24. The molecule has 1 unspecified atom stereocenters. The molecule has 8 nitrogen and oxygen atoms in total. The molecule has 0 aromatic carbocycles. The zero-order valence-electron chi connectivity index (χ0n) is 15.2. The van der Waals surface area contributed by atoms with Gasteiger partial charge < -0.3 is 4.74 Å². The molecule has 8 heteroatoms. The first kappa shape index (κ1) is 16.8. The van der Waals surface area contributed by atoms with Crippen LogP contribution < -0.4 is 4.74 Å². The first-order chi connectivity index (χ1) is 13.6. The average Bonchev–Trinajstić information content (AvgIpc) is 3.17. The van der Waals surface area contributed by atoms with Gasteiger partial charge in [-0.25, -0.2) is 9.99 Å². The molecule has 2 aromatic rings. The third kappa shape index (κ3) is 2.54. The van der Waals surface area contributed by atoms with Crippen molar-refractivity contribution in [1.29, 1.82) is 5.26 Å². The maximum Gasteiger partial charge on any atom is 0.249 e. The summed E-state index contributed by atoms with van der Waals surface area (Å²) >= 11 is 0. The van der Waals surface area contributed by atoms with Crippen molar-refractivity contribution in [2.24, 2.45) is 15.9 Å². The van der Waals surface area contributed by atoms with Crippen LogP contribution in [0.15, 0.2) is 42.0 Å². The number of nitrogens with zero attached hydrogens (tertiary/aromatic N) is 6. The van der Waals surface area contributed by atoms with Crippen LogP contribution >= 0.6 is 0 Å². The van der Waals surface area contributed by atoms with E-state index in [4.69, 9.17) is 10.00 Å². The summed E-state index contributed by atoms with van der Waals surface area (Å²) in [6, 6.07) is 5.27. The number of rotatable bonds is 5. The molecule has 3 fully saturated rings. The lowest BCUT2D eigenvalue weighted by atomic mass is 9.35. The highest BCUT2D eigenvalue weighted by Gasteiger charge is 2.73. The lowest BCUT2D eigenvalue weighted by Crippen LogP contribution is -2.69. The lowest BCUT2D eigenvalue weighted by Gasteiger charge is -2.69. The summed E-state index contributed by atoms with van der Waals surface area (Å²) in [6.45, 7) is 0.539. The Hall–Kier alpha value is -3.34. The van der Waals surface area contributed by atoms with Gasteiger partial charge in [0, 0.05) is 42.7 Å². The van der Waals surface area contributed by atoms with Crippen molar-refractivity contribution in [3.8, 4) is 11.9 Å². The number of hydrogen-bond donors (Lipinski definition) is 0. The molecular weight excluding hydrogens is 356 g/mol. The number of carbonyl (C=O) groups is 1. The van der Waals surface area contributed by atoms with Crippen LogP contribution in [0.1, 0.15) is 43.0 Å². The minimum Gasteiger partial charge on any atom is -0.477 e. The quantitative estimate of drug-likeness (QED) is 0.795. The van der Waals surface area contributed by atoms with E-state index in [1.807, 2.05) is 6.07 Å². The molecule has 1 aliphatic heterocycles. The van der Waals surface area contributed by atoms with E-state index in [9.17, 15) is 4.79 Å². The smallest absolute Gasteiger partial charge is 0.249 e. The summed E-state index contributed by atoms with van der Waals surface area (Å²) in [4.78, 5) is 25.7. The fourth-order valence-electron chi connectivity index (χ4n) is 4.72. The Morgan fingerprint density at radius 1 is 1.25 bits per heavy atom. The molecule has 3 heterocycles. The van der Waals surface area contributed by atoms with Gasteiger partial charge in [0.05, 0.1) is 29.5 Å². The second-order valence-electron chi connectivity index (χ2n) is 7.93. The van der Waals surface area contributed by atoms with E-state index < -0.39 is 0 Å². The van der Waals surface area contributed by atoms with Gasteiger partial charge in [-0.2, -0.15) is 10.4 Å². The van der Waals surface area contributed by atoms with Crippen LogP contribution in [0.4, 0.5) is 0 Å². The van der Waals surface area contributed by atoms with E-state index in [2.05, 4.69) is 20.1 Å². The van der Waals surface area contributed by atoms with Gasteiger partial charge in [-0.3, -0.25) is 14.8 Å². The van der Waals surface area contributed by atoms with Crippen molar-refractivity contribution in [2.45, 2.75) is 31.7 Å². The highest BCUT2D eigenvalue weighted by atomic mass is 16.5. The molecule has 1 amide bonds. The zero-order chi connectivity index (χ0) is 19.2. The van der Waals surface area contributed by atoms with Gasteiger partial charge in [-0.05, 0) is 25.3 Å². The van der Waals surface area contributed by atoms with Gasteiger partial charge in [0.15, 0.2) is 0 Å². The Labute approximate surface area is 161 Å². The van der Waals surface area contributed by atoms with Gasteiger partial charge in [0.1, 0.15) is 12.1 Å². The Balaban J connectivity index is 1.20. The van der Waals surface area contributed by atoms with Gasteiger partial charge in [0.2, 0.25) is 11.8 Å². The maximum absolute atomic E-state index is 13.1. The predicted octanol–water partition coefficient (Wildman–Crippen LogP) is 2.25. The van der Waals surface area contributed by atoms with E-state index in [-0.39, 0.29) is 22.8 Å². The van der Waals surface area contributed by atoms with Crippen LogP contribution in [-0.4, -0.2) is 38.7 Å². The summed E-state index contributed by atoms with van der Waals surface area (Å²) in [5.74, 6) is 0.589. The van der Waals surface area contributed by atoms with Crippen LogP contribution in [0.25, 0.3) is 0 Å². The topological polar surface area (TPSA) is 104 Å². The molecule has 0 saturated heterocycles. The monoisotopic (exact) mass is 374 g/mol. The summed E-state index contributed by atoms with van der Waals surface area (Å²) in [6.07, 6.45) is 11.3. The molecule has 6 rings (SSSR count). The molecule has 3 aliphatic carbocycles. The Kier molecular flexibility index (Phi) is 3.66. The second-order valence-corrected chi connectivity index (χ2v) is 7.93. The minimum absolute atomic E-state index is 0.0523. The van der Waals surface area contributed by atoms with E-state index in [1.54, 1.807) is 41.9 Å². The van der Waals surface area contributed by atoms with Gasteiger partial charge in [-0.15, -0.1) is 0 Å². The van der Waals surface area contributed by atoms with Gasteiger partial charge in [-0.1, -0.05) is 0 Å². The number of carbonyl (C=O) groups excluding carboxylic acids is 1. The van der Waals surface area contributed by atoms with E-state index in [0.29, 0.717) is 24.5 Å². The molecule has 0 N–H and O–H groups in total. The molecule has 28 heavy (non-hydrogen) atoms. The zero-order valence-corrected chi connectivity index (χ0v) is 15.2. The van der Waals surface area contributed by atoms with Crippen LogP contribution in [0.2, 0.25) is 0 Å². The average molecular weight is 374 g/mol. The number of hydrogen-bond acceptors (Lipinski definition) is 7. The molecule has 0 spiro atoms. The maximum atomic E-state index is 13.1. The molecule has 2 aromatic heterocycles. The van der Waals surface area contributed by atoms with Crippen LogP contribution in [0.5, 0.6) is 5.88 Å². The van der Waals surface area contributed by atoms with Gasteiger partial charge in [0.25, 0.3) is 0 Å². The molecule has 1 atom stereocenters. The standard InChI is InChI=1S/C20H18N6O2/c21-7-14-1-2-17(24-8-14)28-13-19-10-20(11-19,12-19)18(27)26-16(3-4-25-26)15-9-22-5-6-23-15/h1-2,4-6,8-9,16H,3,10-13H2. The fraction of sp³-hybridized carbons (Fsp3) is 0.400. The minimum atomic E-state index is -0.316. The summed E-state index contributed by atoms with van der Waals surface area (Å²) in [7, 11) is 0. The Morgan fingerprint density at radius 2 is 2.11 bits per heavy atom. The number of nitriles is 1. The number of hydrazone groups is 1. The molecule has 0 radical (unpaired) electrons. The van der Waals surface area contributed by atoms with Crippen molar-refractivity contribution < 1.29 is 9.53 Å². The molecule has 4 aliphatic rings. The third-order valence-electron chi connectivity index (χ3n) is 5.95. The number of ether oxygens (including phenoxy) is 1. The fourth-order valence-corrected chi connectivity index (χ4v) is 4.72. The van der Waals surface area contributed by atoms with Crippen LogP contribution in [0.3, 0.4) is 0 Å². The largest absolute Gasteiger partial charge is 0.477 e. The highest BCUT2D eigenvalue weighted by Crippen LogP contribution is 2.74. The van der Waals surface area contributed by atoms with Crippen molar-refractivity contribution in [3.63, 3.8) is 0 Å². The number of aromatic nitrogens is 3. The van der Waals surface area contributed by atoms with E-state index in [1.165, 1.54) is 6.20 Å². The molecule has 2 bridgehead atoms. The van der Waals surface area contributed by atoms with Crippen LogP contribution in [0, 0.1) is 22.2 Å². The summed E-state index contributed by atoms with van der Waals surface area (Å²) in [5, 5.41) is 14.7. The third-order valence-corrected chi connectivity index (χ3v) is 5.95. The van der Waals surface area contributed by atoms with Crippen molar-refractivity contribution in [3.05, 3.63) is 48.2 Å². The number of amides is 1. The van der Waals surface area contributed by atoms with Crippen molar-refractivity contribution in [1.82, 2.24) is 20.0 Å². The van der Waals surface area contributed by atoms with E-state index >= 15 is 0 Å². The summed E-state index contributed by atoms with van der Waals surface area (Å²) in [5.41, 5.74) is 1.01. The van der Waals surface area contributed by atoms with Gasteiger partial charge >= 0.3 is 0 Å². The van der Waals surface area contributed by atoms with E-state index in [0.717, 1.165) is 25.0 Å². The summed E-state index contributed by atoms with van der Waals surface area (Å²) < 4.78 is 5.80. The van der Waals surface area contributed by atoms with Crippen LogP contribution in [-0.2, 0) is 4.79 Å². The molecular formula is C20H18N6O2. The molecule has 140 valence electrons. The second kappa shape index (κ2) is 6.09. The Morgan fingerprint density at radius 3 is 2.79 bits per heavy atom.